The first kappa shape index (κ1) is 16.2. The fraction of sp³-hybridized carbons (Fsp3) is 0.929. The van der Waals surface area contributed by atoms with Crippen LogP contribution in [0.25, 0.3) is 0 Å². The van der Waals surface area contributed by atoms with Crippen molar-refractivity contribution in [1.29, 1.82) is 0 Å². The summed E-state index contributed by atoms with van der Waals surface area (Å²) < 4.78 is 5.42. The summed E-state index contributed by atoms with van der Waals surface area (Å²) >= 11 is 0. The Morgan fingerprint density at radius 3 is 2.58 bits per heavy atom. The van der Waals surface area contributed by atoms with Gasteiger partial charge in [-0.1, -0.05) is 12.8 Å². The number of nitrogens with zero attached hydrogens (tertiary/aromatic N) is 1. The maximum Gasteiger partial charge on any atom is 0.410 e. The quantitative estimate of drug-likeness (QED) is 0.818. The van der Waals surface area contributed by atoms with Gasteiger partial charge in [0.05, 0.1) is 12.6 Å². The molecule has 1 amide bonds. The standard InChI is InChI=1S/C14H28N2O3/c1-14(2,3)19-13(18)16(4)12-8-6-5-7-11(12)15-9-10-17/h11-12,15,17H,5-10H2,1-4H3. The van der Waals surface area contributed by atoms with Crippen LogP contribution < -0.4 is 5.32 Å². The van der Waals surface area contributed by atoms with E-state index in [0.29, 0.717) is 6.54 Å². The average molecular weight is 272 g/mol. The Balaban J connectivity index is 2.60. The van der Waals surface area contributed by atoms with Crippen molar-refractivity contribution in [2.45, 2.75) is 64.1 Å². The minimum atomic E-state index is -0.464. The van der Waals surface area contributed by atoms with E-state index in [4.69, 9.17) is 9.84 Å². The van der Waals surface area contributed by atoms with E-state index in [0.717, 1.165) is 19.3 Å². The Kier molecular flexibility index (Phi) is 6.07. The van der Waals surface area contributed by atoms with E-state index in [1.807, 2.05) is 20.8 Å². The van der Waals surface area contributed by atoms with Gasteiger partial charge in [-0.15, -0.1) is 0 Å². The van der Waals surface area contributed by atoms with Crippen LogP contribution in [0.3, 0.4) is 0 Å². The van der Waals surface area contributed by atoms with Crippen molar-refractivity contribution in [3.8, 4) is 0 Å². The Labute approximate surface area is 116 Å². The summed E-state index contributed by atoms with van der Waals surface area (Å²) in [6, 6.07) is 0.397. The Bertz CT molecular complexity index is 289. The third-order valence-electron chi connectivity index (χ3n) is 3.43. The molecule has 0 aromatic rings. The molecule has 0 saturated heterocycles. The van der Waals surface area contributed by atoms with Crippen LogP contribution in [0.2, 0.25) is 0 Å². The molecule has 1 saturated carbocycles. The number of nitrogens with one attached hydrogen (secondary N) is 1. The zero-order chi connectivity index (χ0) is 14.5. The number of hydrogen-bond donors (Lipinski definition) is 2. The summed E-state index contributed by atoms with van der Waals surface area (Å²) in [5, 5.41) is 12.2. The van der Waals surface area contributed by atoms with Crippen LogP contribution in [0.15, 0.2) is 0 Å². The lowest BCUT2D eigenvalue weighted by molar-refractivity contribution is 0.0147. The molecule has 1 aliphatic carbocycles. The molecule has 2 N–H and O–H groups in total. The minimum absolute atomic E-state index is 0.124. The highest BCUT2D eigenvalue weighted by Gasteiger charge is 2.32. The van der Waals surface area contributed by atoms with Gasteiger partial charge in [-0.05, 0) is 33.6 Å². The second-order valence-corrected chi connectivity index (χ2v) is 6.23. The maximum atomic E-state index is 12.1. The van der Waals surface area contributed by atoms with Crippen molar-refractivity contribution < 1.29 is 14.6 Å². The number of amides is 1. The van der Waals surface area contributed by atoms with Gasteiger partial charge in [-0.3, -0.25) is 0 Å². The zero-order valence-electron chi connectivity index (χ0n) is 12.6. The molecule has 0 aliphatic heterocycles. The second-order valence-electron chi connectivity index (χ2n) is 6.23. The molecule has 5 heteroatoms. The van der Waals surface area contributed by atoms with Gasteiger partial charge in [0.2, 0.25) is 0 Å². The third kappa shape index (κ3) is 5.37. The molecule has 1 fully saturated rings. The summed E-state index contributed by atoms with van der Waals surface area (Å²) in [6.45, 7) is 6.33. The second kappa shape index (κ2) is 7.10. The predicted molar refractivity (Wildman–Crippen MR) is 75.1 cm³/mol. The first-order valence-corrected chi connectivity index (χ1v) is 7.15. The number of hydrogen-bond acceptors (Lipinski definition) is 4. The van der Waals surface area contributed by atoms with Crippen molar-refractivity contribution in [2.24, 2.45) is 0 Å². The number of aliphatic hydroxyl groups excluding tert-OH is 1. The first-order valence-electron chi connectivity index (χ1n) is 7.15. The molecule has 1 aliphatic rings. The predicted octanol–water partition coefficient (Wildman–Crippen LogP) is 1.75. The van der Waals surface area contributed by atoms with Crippen molar-refractivity contribution in [3.63, 3.8) is 0 Å². The molecule has 0 aromatic carbocycles. The Morgan fingerprint density at radius 1 is 1.37 bits per heavy atom. The monoisotopic (exact) mass is 272 g/mol. The highest BCUT2D eigenvalue weighted by atomic mass is 16.6. The van der Waals surface area contributed by atoms with Crippen LogP contribution >= 0.6 is 0 Å². The Morgan fingerprint density at radius 2 is 2.00 bits per heavy atom. The smallest absolute Gasteiger partial charge is 0.410 e. The summed E-state index contributed by atoms with van der Waals surface area (Å²) in [6.07, 6.45) is 4.06. The van der Waals surface area contributed by atoms with Gasteiger partial charge in [-0.25, -0.2) is 4.79 Å². The molecule has 1 rings (SSSR count). The highest BCUT2D eigenvalue weighted by Crippen LogP contribution is 2.23. The molecule has 2 unspecified atom stereocenters. The molecule has 0 aromatic heterocycles. The molecule has 5 nitrogen and oxygen atoms in total. The van der Waals surface area contributed by atoms with Crippen LogP contribution in [0.4, 0.5) is 4.79 Å². The maximum absolute atomic E-state index is 12.1. The Hall–Kier alpha value is -0.810. The van der Waals surface area contributed by atoms with Gasteiger partial charge in [0, 0.05) is 19.6 Å². The van der Waals surface area contributed by atoms with Gasteiger partial charge in [0.25, 0.3) is 0 Å². The van der Waals surface area contributed by atoms with Gasteiger partial charge in [0.15, 0.2) is 0 Å². The summed E-state index contributed by atoms with van der Waals surface area (Å²) in [5.41, 5.74) is -0.464. The number of likely N-dealkylation sites (N-methyl/N-ethyl adjacent to an activating group) is 1. The number of rotatable bonds is 4. The van der Waals surface area contributed by atoms with E-state index in [9.17, 15) is 4.79 Å². The summed E-state index contributed by atoms with van der Waals surface area (Å²) in [4.78, 5) is 13.8. The highest BCUT2D eigenvalue weighted by molar-refractivity contribution is 5.68. The number of ether oxygens (including phenoxy) is 1. The van der Waals surface area contributed by atoms with E-state index < -0.39 is 5.60 Å². The van der Waals surface area contributed by atoms with Crippen LogP contribution in [0.5, 0.6) is 0 Å². The summed E-state index contributed by atoms with van der Waals surface area (Å²) in [5.74, 6) is 0. The van der Waals surface area contributed by atoms with Crippen LogP contribution in [-0.2, 0) is 4.74 Å². The lowest BCUT2D eigenvalue weighted by Crippen LogP contribution is -2.53. The molecule has 0 heterocycles. The molecular formula is C14H28N2O3. The van der Waals surface area contributed by atoms with E-state index in [-0.39, 0.29) is 24.8 Å². The van der Waals surface area contributed by atoms with Gasteiger partial charge in [0.1, 0.15) is 5.60 Å². The number of carbonyl (C=O) groups excluding carboxylic acids is 1. The fourth-order valence-corrected chi connectivity index (χ4v) is 2.53. The average Bonchev–Trinajstić information content (AvgIpc) is 2.33. The van der Waals surface area contributed by atoms with Gasteiger partial charge in [-0.2, -0.15) is 0 Å². The number of aliphatic hydroxyl groups is 1. The molecule has 112 valence electrons. The molecule has 0 radical (unpaired) electrons. The SMILES string of the molecule is CN(C(=O)OC(C)(C)C)C1CCCCC1NCCO. The third-order valence-corrected chi connectivity index (χ3v) is 3.43. The van der Waals surface area contributed by atoms with Crippen molar-refractivity contribution in [2.75, 3.05) is 20.2 Å². The molecule has 0 spiro atoms. The lowest BCUT2D eigenvalue weighted by Gasteiger charge is -2.38. The van der Waals surface area contributed by atoms with E-state index in [1.54, 1.807) is 11.9 Å². The lowest BCUT2D eigenvalue weighted by atomic mass is 9.89. The topological polar surface area (TPSA) is 61.8 Å². The van der Waals surface area contributed by atoms with E-state index in [1.165, 1.54) is 6.42 Å². The molecule has 0 bridgehead atoms. The minimum Gasteiger partial charge on any atom is -0.444 e. The molecule has 2 atom stereocenters. The summed E-state index contributed by atoms with van der Waals surface area (Å²) in [7, 11) is 1.80. The zero-order valence-corrected chi connectivity index (χ0v) is 12.6. The van der Waals surface area contributed by atoms with Gasteiger partial charge < -0.3 is 20.1 Å². The fourth-order valence-electron chi connectivity index (χ4n) is 2.53. The largest absolute Gasteiger partial charge is 0.444 e. The van der Waals surface area contributed by atoms with E-state index >= 15 is 0 Å². The van der Waals surface area contributed by atoms with E-state index in [2.05, 4.69) is 5.32 Å². The molecule has 19 heavy (non-hydrogen) atoms. The van der Waals surface area contributed by atoms with Crippen LogP contribution in [0, 0.1) is 0 Å². The first-order chi connectivity index (χ1) is 8.85. The number of carbonyl (C=O) groups is 1. The van der Waals surface area contributed by atoms with Crippen LogP contribution in [0.1, 0.15) is 46.5 Å². The van der Waals surface area contributed by atoms with Gasteiger partial charge >= 0.3 is 6.09 Å². The van der Waals surface area contributed by atoms with Crippen molar-refractivity contribution in [3.05, 3.63) is 0 Å². The molecular weight excluding hydrogens is 244 g/mol. The van der Waals surface area contributed by atoms with Crippen molar-refractivity contribution >= 4 is 6.09 Å². The normalized spacial score (nSPS) is 24.1. The van der Waals surface area contributed by atoms with Crippen LogP contribution in [-0.4, -0.2) is 54.0 Å². The van der Waals surface area contributed by atoms with Crippen molar-refractivity contribution in [1.82, 2.24) is 10.2 Å².